The zero-order chi connectivity index (χ0) is 13.9. The van der Waals surface area contributed by atoms with Gasteiger partial charge in [-0.25, -0.2) is 0 Å². The predicted molar refractivity (Wildman–Crippen MR) is 92.4 cm³/mol. The minimum Gasteiger partial charge on any atom is -0.316 e. The van der Waals surface area contributed by atoms with E-state index in [9.17, 15) is 0 Å². The van der Waals surface area contributed by atoms with E-state index in [1.165, 1.54) is 45.4 Å². The zero-order valence-corrected chi connectivity index (χ0v) is 14.2. The van der Waals surface area contributed by atoms with Gasteiger partial charge < -0.3 is 5.32 Å². The molecule has 2 heterocycles. The molecule has 118 valence electrons. The average Bonchev–Trinajstić information content (AvgIpc) is 2.47. The van der Waals surface area contributed by atoms with Crippen molar-refractivity contribution in [3.63, 3.8) is 0 Å². The largest absolute Gasteiger partial charge is 0.316 e. The quantitative estimate of drug-likeness (QED) is 0.918. The molecular formula is C18H29ClN2. The topological polar surface area (TPSA) is 15.3 Å². The molecule has 0 amide bonds. The first-order chi connectivity index (χ1) is 9.74. The van der Waals surface area contributed by atoms with Gasteiger partial charge in [-0.2, -0.15) is 0 Å². The molecule has 2 nitrogen and oxygen atoms in total. The molecule has 2 aliphatic rings. The SMILES string of the molecule is CC(C)c1cccc2c1CCN(CC1CCCNC1)C2.Cl. The van der Waals surface area contributed by atoms with Gasteiger partial charge in [0, 0.05) is 19.6 Å². The molecule has 1 unspecified atom stereocenters. The Bertz CT molecular complexity index is 453. The molecule has 0 radical (unpaired) electrons. The lowest BCUT2D eigenvalue weighted by molar-refractivity contribution is 0.193. The summed E-state index contributed by atoms with van der Waals surface area (Å²) in [7, 11) is 0. The Hall–Kier alpha value is -0.570. The van der Waals surface area contributed by atoms with Crippen LogP contribution in [0.2, 0.25) is 0 Å². The maximum absolute atomic E-state index is 3.54. The minimum absolute atomic E-state index is 0. The molecule has 0 aromatic heterocycles. The van der Waals surface area contributed by atoms with Crippen LogP contribution in [0, 0.1) is 5.92 Å². The van der Waals surface area contributed by atoms with Crippen LogP contribution in [0.3, 0.4) is 0 Å². The van der Waals surface area contributed by atoms with Gasteiger partial charge in [0.2, 0.25) is 0 Å². The van der Waals surface area contributed by atoms with E-state index in [0.717, 1.165) is 12.5 Å². The molecule has 2 aliphatic heterocycles. The van der Waals surface area contributed by atoms with Crippen molar-refractivity contribution in [2.75, 3.05) is 26.2 Å². The van der Waals surface area contributed by atoms with E-state index in [-0.39, 0.29) is 12.4 Å². The third-order valence-electron chi connectivity index (χ3n) is 4.92. The van der Waals surface area contributed by atoms with E-state index in [2.05, 4.69) is 42.3 Å². The van der Waals surface area contributed by atoms with Crippen molar-refractivity contribution in [1.29, 1.82) is 0 Å². The molecule has 1 atom stereocenters. The number of halogens is 1. The van der Waals surface area contributed by atoms with Crippen molar-refractivity contribution in [3.05, 3.63) is 34.9 Å². The summed E-state index contributed by atoms with van der Waals surface area (Å²) in [5, 5.41) is 3.54. The first-order valence-corrected chi connectivity index (χ1v) is 8.28. The predicted octanol–water partition coefficient (Wildman–Crippen LogP) is 3.59. The van der Waals surface area contributed by atoms with Crippen molar-refractivity contribution in [2.24, 2.45) is 5.92 Å². The number of benzene rings is 1. The van der Waals surface area contributed by atoms with Gasteiger partial charge in [-0.1, -0.05) is 32.0 Å². The Labute approximate surface area is 135 Å². The lowest BCUT2D eigenvalue weighted by atomic mass is 9.88. The van der Waals surface area contributed by atoms with Crippen LogP contribution in [0.25, 0.3) is 0 Å². The molecule has 1 N–H and O–H groups in total. The summed E-state index contributed by atoms with van der Waals surface area (Å²) in [6, 6.07) is 6.91. The highest BCUT2D eigenvalue weighted by atomic mass is 35.5. The van der Waals surface area contributed by atoms with Crippen LogP contribution >= 0.6 is 12.4 Å². The maximum Gasteiger partial charge on any atom is 0.0236 e. The van der Waals surface area contributed by atoms with Gasteiger partial charge in [0.05, 0.1) is 0 Å². The van der Waals surface area contributed by atoms with Crippen molar-refractivity contribution >= 4 is 12.4 Å². The Kier molecular flexibility index (Phi) is 6.09. The highest BCUT2D eigenvalue weighted by Gasteiger charge is 2.22. The fourth-order valence-corrected chi connectivity index (χ4v) is 3.84. The number of hydrogen-bond acceptors (Lipinski definition) is 2. The van der Waals surface area contributed by atoms with Crippen LogP contribution in [-0.4, -0.2) is 31.1 Å². The molecule has 1 saturated heterocycles. The van der Waals surface area contributed by atoms with Crippen molar-refractivity contribution in [1.82, 2.24) is 10.2 Å². The van der Waals surface area contributed by atoms with E-state index in [4.69, 9.17) is 0 Å². The summed E-state index contributed by atoms with van der Waals surface area (Å²) in [5.74, 6) is 1.51. The van der Waals surface area contributed by atoms with Crippen molar-refractivity contribution in [2.45, 2.75) is 45.6 Å². The van der Waals surface area contributed by atoms with Crippen LogP contribution in [0.1, 0.15) is 49.3 Å². The van der Waals surface area contributed by atoms with Gasteiger partial charge >= 0.3 is 0 Å². The minimum atomic E-state index is 0. The average molecular weight is 309 g/mol. The number of piperidine rings is 1. The van der Waals surface area contributed by atoms with Crippen LogP contribution in [0.4, 0.5) is 0 Å². The lowest BCUT2D eigenvalue weighted by Crippen LogP contribution is -2.40. The summed E-state index contributed by atoms with van der Waals surface area (Å²) in [6.45, 7) is 10.7. The number of nitrogens with one attached hydrogen (secondary N) is 1. The third-order valence-corrected chi connectivity index (χ3v) is 4.92. The molecule has 21 heavy (non-hydrogen) atoms. The monoisotopic (exact) mass is 308 g/mol. The summed E-state index contributed by atoms with van der Waals surface area (Å²) in [4.78, 5) is 2.67. The Morgan fingerprint density at radius 2 is 2.19 bits per heavy atom. The lowest BCUT2D eigenvalue weighted by Gasteiger charge is -2.34. The second-order valence-corrected chi connectivity index (χ2v) is 6.84. The Morgan fingerprint density at radius 1 is 1.33 bits per heavy atom. The van der Waals surface area contributed by atoms with Crippen molar-refractivity contribution in [3.8, 4) is 0 Å². The molecule has 0 spiro atoms. The molecule has 1 aromatic rings. The second kappa shape index (κ2) is 7.62. The van der Waals surface area contributed by atoms with Gasteiger partial charge in [-0.05, 0) is 60.9 Å². The molecule has 3 heteroatoms. The van der Waals surface area contributed by atoms with Gasteiger partial charge in [-0.15, -0.1) is 12.4 Å². The third kappa shape index (κ3) is 4.00. The van der Waals surface area contributed by atoms with E-state index < -0.39 is 0 Å². The summed E-state index contributed by atoms with van der Waals surface area (Å²) < 4.78 is 0. The maximum atomic E-state index is 3.54. The van der Waals surface area contributed by atoms with Gasteiger partial charge in [0.25, 0.3) is 0 Å². The van der Waals surface area contributed by atoms with Crippen LogP contribution in [0.15, 0.2) is 18.2 Å². The van der Waals surface area contributed by atoms with Crippen LogP contribution < -0.4 is 5.32 Å². The fraction of sp³-hybridized carbons (Fsp3) is 0.667. The van der Waals surface area contributed by atoms with Gasteiger partial charge in [0.15, 0.2) is 0 Å². The molecule has 0 bridgehead atoms. The van der Waals surface area contributed by atoms with Crippen molar-refractivity contribution < 1.29 is 0 Å². The van der Waals surface area contributed by atoms with Gasteiger partial charge in [0.1, 0.15) is 0 Å². The smallest absolute Gasteiger partial charge is 0.0236 e. The first-order valence-electron chi connectivity index (χ1n) is 8.28. The van der Waals surface area contributed by atoms with E-state index in [1.807, 2.05) is 0 Å². The van der Waals surface area contributed by atoms with Crippen LogP contribution in [0.5, 0.6) is 0 Å². The summed E-state index contributed by atoms with van der Waals surface area (Å²) in [5.41, 5.74) is 4.79. The van der Waals surface area contributed by atoms with Gasteiger partial charge in [-0.3, -0.25) is 4.90 Å². The Balaban J connectivity index is 0.00000161. The molecule has 0 aliphatic carbocycles. The second-order valence-electron chi connectivity index (χ2n) is 6.84. The number of nitrogens with zero attached hydrogens (tertiary/aromatic N) is 1. The molecule has 3 rings (SSSR count). The number of rotatable bonds is 3. The number of hydrogen-bond donors (Lipinski definition) is 1. The fourth-order valence-electron chi connectivity index (χ4n) is 3.84. The summed E-state index contributed by atoms with van der Waals surface area (Å²) in [6.07, 6.45) is 4.00. The highest BCUT2D eigenvalue weighted by Crippen LogP contribution is 2.28. The van der Waals surface area contributed by atoms with E-state index in [1.54, 1.807) is 16.7 Å². The summed E-state index contributed by atoms with van der Waals surface area (Å²) >= 11 is 0. The number of fused-ring (bicyclic) bond motifs is 1. The standard InChI is InChI=1S/C18H28N2.ClH/c1-14(2)17-7-3-6-16-13-20(10-8-18(16)17)12-15-5-4-9-19-11-15;/h3,6-7,14-15,19H,4-5,8-13H2,1-2H3;1H. The highest BCUT2D eigenvalue weighted by molar-refractivity contribution is 5.85. The molecular weight excluding hydrogens is 280 g/mol. The van der Waals surface area contributed by atoms with E-state index in [0.29, 0.717) is 5.92 Å². The Morgan fingerprint density at radius 3 is 2.90 bits per heavy atom. The van der Waals surface area contributed by atoms with E-state index >= 15 is 0 Å². The van der Waals surface area contributed by atoms with Crippen LogP contribution in [-0.2, 0) is 13.0 Å². The zero-order valence-electron chi connectivity index (χ0n) is 13.4. The normalized spacial score (nSPS) is 22.7. The first kappa shape index (κ1) is 16.8. The molecule has 1 aromatic carbocycles. The molecule has 1 fully saturated rings. The molecule has 0 saturated carbocycles.